The monoisotopic (exact) mass is 313 g/mol. The van der Waals surface area contributed by atoms with Gasteiger partial charge in [0.25, 0.3) is 0 Å². The summed E-state index contributed by atoms with van der Waals surface area (Å²) in [6, 6.07) is 5.06. The smallest absolute Gasteiger partial charge is 0.148 e. The lowest BCUT2D eigenvalue weighted by molar-refractivity contribution is 0.215. The first kappa shape index (κ1) is 13.3. The zero-order valence-electron chi connectivity index (χ0n) is 10.8. The van der Waals surface area contributed by atoms with Crippen LogP contribution in [0.25, 0.3) is 0 Å². The molecule has 98 valence electrons. The lowest BCUT2D eigenvalue weighted by Crippen LogP contribution is -2.32. The zero-order valence-corrected chi connectivity index (χ0v) is 12.4. The van der Waals surface area contributed by atoms with Gasteiger partial charge in [0.05, 0.1) is 5.69 Å². The number of halogens is 2. The maximum atomic E-state index is 13.8. The van der Waals surface area contributed by atoms with Crippen LogP contribution in [0.2, 0.25) is 0 Å². The number of rotatable bonds is 2. The van der Waals surface area contributed by atoms with Gasteiger partial charge in [0.2, 0.25) is 0 Å². The predicted octanol–water partition coefficient (Wildman–Crippen LogP) is 3.66. The molecule has 1 aromatic rings. The molecule has 3 nitrogen and oxygen atoms in total. The zero-order chi connectivity index (χ0) is 13.3. The number of hydrogen-bond donors (Lipinski definition) is 0. The third kappa shape index (κ3) is 3.22. The van der Waals surface area contributed by atoms with Gasteiger partial charge in [-0.1, -0.05) is 36.7 Å². The molecule has 0 saturated heterocycles. The number of hydrogen-bond acceptors (Lipinski definition) is 3. The van der Waals surface area contributed by atoms with Crippen molar-refractivity contribution >= 4 is 28.0 Å². The Morgan fingerprint density at radius 2 is 2.11 bits per heavy atom. The predicted molar refractivity (Wildman–Crippen MR) is 76.1 cm³/mol. The first-order valence-electron chi connectivity index (χ1n) is 5.86. The molecule has 0 bridgehead atoms. The average molecular weight is 314 g/mol. The highest BCUT2D eigenvalue weighted by atomic mass is 79.9. The maximum absolute atomic E-state index is 13.8. The highest BCUT2D eigenvalue weighted by Gasteiger charge is 2.22. The van der Waals surface area contributed by atoms with E-state index in [-0.39, 0.29) is 11.2 Å². The molecule has 18 heavy (non-hydrogen) atoms. The van der Waals surface area contributed by atoms with Crippen molar-refractivity contribution in [2.75, 3.05) is 18.1 Å². The first-order valence-corrected chi connectivity index (χ1v) is 6.65. The Labute approximate surface area is 115 Å². The van der Waals surface area contributed by atoms with E-state index in [9.17, 15) is 4.39 Å². The lowest BCUT2D eigenvalue weighted by atomic mass is 9.97. The molecule has 0 atom stereocenters. The molecule has 0 fully saturated rings. The molecule has 1 aliphatic heterocycles. The van der Waals surface area contributed by atoms with Crippen LogP contribution >= 0.6 is 15.9 Å². The van der Waals surface area contributed by atoms with Crippen molar-refractivity contribution in [2.45, 2.75) is 20.8 Å². The summed E-state index contributed by atoms with van der Waals surface area (Å²) in [5, 5.41) is 6.24. The fraction of sp³-hybridized carbons (Fsp3) is 0.462. The van der Waals surface area contributed by atoms with Gasteiger partial charge in [-0.05, 0) is 23.6 Å². The van der Waals surface area contributed by atoms with Gasteiger partial charge in [-0.3, -0.25) is 5.01 Å². The van der Waals surface area contributed by atoms with Crippen molar-refractivity contribution in [3.8, 4) is 0 Å². The van der Waals surface area contributed by atoms with Gasteiger partial charge < -0.3 is 4.90 Å². The summed E-state index contributed by atoms with van der Waals surface area (Å²) in [5.74, 6) is -0.242. The Morgan fingerprint density at radius 3 is 2.72 bits per heavy atom. The number of hydrazone groups is 1. The lowest BCUT2D eigenvalue weighted by Gasteiger charge is -2.26. The van der Waals surface area contributed by atoms with E-state index in [4.69, 9.17) is 0 Å². The third-order valence-electron chi connectivity index (χ3n) is 2.55. The Balaban J connectivity index is 2.08. The van der Waals surface area contributed by atoms with Crippen LogP contribution < -0.4 is 4.90 Å². The topological polar surface area (TPSA) is 18.8 Å². The van der Waals surface area contributed by atoms with Crippen molar-refractivity contribution in [2.24, 2.45) is 10.5 Å². The van der Waals surface area contributed by atoms with Crippen LogP contribution in [-0.2, 0) is 0 Å². The molecule has 0 radical (unpaired) electrons. The standard InChI is InChI=1S/C13H17BrFN3/c1-13(2,3)7-18-9-17(8-16-18)12-5-4-10(14)6-11(12)15/h4-6,8H,7,9H2,1-3H3. The summed E-state index contributed by atoms with van der Waals surface area (Å²) in [4.78, 5) is 1.81. The molecular formula is C13H17BrFN3. The van der Waals surface area contributed by atoms with E-state index in [1.54, 1.807) is 12.4 Å². The second-order valence-corrected chi connectivity index (χ2v) is 6.58. The van der Waals surface area contributed by atoms with E-state index >= 15 is 0 Å². The molecule has 0 aliphatic carbocycles. The highest BCUT2D eigenvalue weighted by molar-refractivity contribution is 9.10. The largest absolute Gasteiger partial charge is 0.308 e. The molecule has 0 aromatic heterocycles. The second-order valence-electron chi connectivity index (χ2n) is 5.66. The van der Waals surface area contributed by atoms with E-state index in [0.29, 0.717) is 12.4 Å². The summed E-state index contributed by atoms with van der Waals surface area (Å²) in [5.41, 5.74) is 0.726. The van der Waals surface area contributed by atoms with E-state index in [1.165, 1.54) is 6.07 Å². The Bertz CT molecular complexity index is 468. The van der Waals surface area contributed by atoms with Gasteiger partial charge in [0.15, 0.2) is 0 Å². The minimum atomic E-state index is -0.242. The SMILES string of the molecule is CC(C)(C)CN1CN(c2ccc(Br)cc2F)C=N1. The molecule has 0 unspecified atom stereocenters. The van der Waals surface area contributed by atoms with Gasteiger partial charge in [-0.2, -0.15) is 5.10 Å². The molecule has 2 rings (SSSR count). The van der Waals surface area contributed by atoms with E-state index in [0.717, 1.165) is 11.0 Å². The molecule has 5 heteroatoms. The minimum Gasteiger partial charge on any atom is -0.308 e. The summed E-state index contributed by atoms with van der Waals surface area (Å²) in [7, 11) is 0. The van der Waals surface area contributed by atoms with Crippen molar-refractivity contribution < 1.29 is 4.39 Å². The Hall–Kier alpha value is -1.10. The summed E-state index contributed by atoms with van der Waals surface area (Å²) < 4.78 is 14.6. The Kier molecular flexibility index (Phi) is 3.61. The van der Waals surface area contributed by atoms with Gasteiger partial charge in [0.1, 0.15) is 18.8 Å². The van der Waals surface area contributed by atoms with Crippen LogP contribution in [-0.4, -0.2) is 24.6 Å². The third-order valence-corrected chi connectivity index (χ3v) is 3.04. The highest BCUT2D eigenvalue weighted by Crippen LogP contribution is 2.25. The van der Waals surface area contributed by atoms with Gasteiger partial charge in [-0.25, -0.2) is 4.39 Å². The normalized spacial score (nSPS) is 15.6. The number of benzene rings is 1. The molecule has 1 heterocycles. The van der Waals surface area contributed by atoms with E-state index in [1.807, 2.05) is 16.0 Å². The average Bonchev–Trinajstić information content (AvgIpc) is 2.63. The first-order chi connectivity index (χ1) is 8.35. The van der Waals surface area contributed by atoms with Crippen LogP contribution in [0.15, 0.2) is 27.8 Å². The van der Waals surface area contributed by atoms with Crippen molar-refractivity contribution in [3.63, 3.8) is 0 Å². The van der Waals surface area contributed by atoms with Gasteiger partial charge >= 0.3 is 0 Å². The molecular weight excluding hydrogens is 297 g/mol. The van der Waals surface area contributed by atoms with Gasteiger partial charge in [-0.15, -0.1) is 0 Å². The molecule has 0 spiro atoms. The van der Waals surface area contributed by atoms with Gasteiger partial charge in [0, 0.05) is 11.0 Å². The molecule has 0 amide bonds. The molecule has 1 aromatic carbocycles. The fourth-order valence-electron chi connectivity index (χ4n) is 1.88. The maximum Gasteiger partial charge on any atom is 0.148 e. The minimum absolute atomic E-state index is 0.172. The van der Waals surface area contributed by atoms with Crippen molar-refractivity contribution in [1.29, 1.82) is 0 Å². The summed E-state index contributed by atoms with van der Waals surface area (Å²) >= 11 is 3.25. The van der Waals surface area contributed by atoms with E-state index < -0.39 is 0 Å². The fourth-order valence-corrected chi connectivity index (χ4v) is 2.21. The molecule has 0 N–H and O–H groups in total. The van der Waals surface area contributed by atoms with Crippen LogP contribution in [0.1, 0.15) is 20.8 Å². The molecule has 1 aliphatic rings. The second kappa shape index (κ2) is 4.88. The van der Waals surface area contributed by atoms with Crippen molar-refractivity contribution in [3.05, 3.63) is 28.5 Å². The van der Waals surface area contributed by atoms with Crippen LogP contribution in [0.5, 0.6) is 0 Å². The Morgan fingerprint density at radius 1 is 1.39 bits per heavy atom. The number of anilines is 1. The summed E-state index contributed by atoms with van der Waals surface area (Å²) in [6.07, 6.45) is 1.68. The van der Waals surface area contributed by atoms with Crippen LogP contribution in [0.3, 0.4) is 0 Å². The van der Waals surface area contributed by atoms with Crippen molar-refractivity contribution in [1.82, 2.24) is 5.01 Å². The number of nitrogens with zero attached hydrogens (tertiary/aromatic N) is 3. The van der Waals surface area contributed by atoms with Crippen LogP contribution in [0, 0.1) is 11.2 Å². The summed E-state index contributed by atoms with van der Waals surface area (Å²) in [6.45, 7) is 7.91. The molecule has 0 saturated carbocycles. The van der Waals surface area contributed by atoms with E-state index in [2.05, 4.69) is 41.8 Å². The quantitative estimate of drug-likeness (QED) is 0.830. The van der Waals surface area contributed by atoms with Crippen LogP contribution in [0.4, 0.5) is 10.1 Å².